The highest BCUT2D eigenvalue weighted by molar-refractivity contribution is 9.10. The van der Waals surface area contributed by atoms with Gasteiger partial charge in [0.25, 0.3) is 5.91 Å². The van der Waals surface area contributed by atoms with Crippen LogP contribution in [0.4, 0.5) is 0 Å². The maximum absolute atomic E-state index is 11.9. The summed E-state index contributed by atoms with van der Waals surface area (Å²) in [6.45, 7) is 0.516. The zero-order valence-electron chi connectivity index (χ0n) is 10.4. The minimum absolute atomic E-state index is 0.164. The van der Waals surface area contributed by atoms with Crippen molar-refractivity contribution in [3.63, 3.8) is 0 Å². The van der Waals surface area contributed by atoms with Crippen molar-refractivity contribution in [3.05, 3.63) is 28.2 Å². The van der Waals surface area contributed by atoms with Gasteiger partial charge in [0, 0.05) is 33.8 Å². The summed E-state index contributed by atoms with van der Waals surface area (Å²) in [6, 6.07) is 5.23. The molecule has 0 heterocycles. The average molecular weight is 334 g/mol. The second-order valence-corrected chi connectivity index (χ2v) is 6.14. The fourth-order valence-corrected chi connectivity index (χ4v) is 2.36. The van der Waals surface area contributed by atoms with Gasteiger partial charge in [-0.25, -0.2) is 0 Å². The Morgan fingerprint density at radius 1 is 1.50 bits per heavy atom. The lowest BCUT2D eigenvalue weighted by molar-refractivity contribution is 0.0952. The molecule has 100 valence electrons. The number of hydrogen-bond donors (Lipinski definition) is 1. The van der Waals surface area contributed by atoms with E-state index in [2.05, 4.69) is 21.2 Å². The van der Waals surface area contributed by atoms with Gasteiger partial charge in [-0.15, -0.1) is 0 Å². The van der Waals surface area contributed by atoms with E-state index in [1.807, 2.05) is 0 Å². The van der Waals surface area contributed by atoms with E-state index in [0.29, 0.717) is 30.0 Å². The molecule has 0 saturated carbocycles. The molecular formula is C12H16BrNO3S. The largest absolute Gasteiger partial charge is 0.497 e. The number of nitrogens with one attached hydrogen (secondary N) is 1. The van der Waals surface area contributed by atoms with Crippen molar-refractivity contribution < 1.29 is 13.7 Å². The van der Waals surface area contributed by atoms with E-state index in [4.69, 9.17) is 4.74 Å². The lowest BCUT2D eigenvalue weighted by atomic mass is 10.2. The van der Waals surface area contributed by atoms with Gasteiger partial charge in [-0.3, -0.25) is 9.00 Å². The normalized spacial score (nSPS) is 11.9. The lowest BCUT2D eigenvalue weighted by Gasteiger charge is -2.08. The van der Waals surface area contributed by atoms with Gasteiger partial charge in [-0.1, -0.05) is 0 Å². The first kappa shape index (κ1) is 15.2. The number of benzene rings is 1. The van der Waals surface area contributed by atoms with E-state index >= 15 is 0 Å². The van der Waals surface area contributed by atoms with Gasteiger partial charge in [0.1, 0.15) is 5.75 Å². The highest BCUT2D eigenvalue weighted by Crippen LogP contribution is 2.22. The molecule has 0 saturated heterocycles. The molecule has 1 rings (SSSR count). The van der Waals surface area contributed by atoms with Gasteiger partial charge in [-0.2, -0.15) is 0 Å². The first-order chi connectivity index (χ1) is 8.54. The molecule has 0 aliphatic heterocycles. The highest BCUT2D eigenvalue weighted by atomic mass is 79.9. The van der Waals surface area contributed by atoms with E-state index in [1.165, 1.54) is 0 Å². The van der Waals surface area contributed by atoms with Gasteiger partial charge in [0.15, 0.2) is 0 Å². The molecule has 1 aromatic rings. The third-order valence-electron chi connectivity index (χ3n) is 2.31. The monoisotopic (exact) mass is 333 g/mol. The van der Waals surface area contributed by atoms with Crippen LogP contribution >= 0.6 is 15.9 Å². The zero-order valence-corrected chi connectivity index (χ0v) is 12.8. The van der Waals surface area contributed by atoms with Crippen molar-refractivity contribution in [2.45, 2.75) is 6.42 Å². The number of methoxy groups -OCH3 is 1. The van der Waals surface area contributed by atoms with Crippen molar-refractivity contribution in [3.8, 4) is 5.75 Å². The van der Waals surface area contributed by atoms with Crippen molar-refractivity contribution in [1.82, 2.24) is 5.32 Å². The number of hydrogen-bond acceptors (Lipinski definition) is 3. The maximum Gasteiger partial charge on any atom is 0.252 e. The Labute approximate surface area is 118 Å². The van der Waals surface area contributed by atoms with Crippen LogP contribution in [-0.4, -0.2) is 35.8 Å². The molecule has 6 heteroatoms. The first-order valence-electron chi connectivity index (χ1n) is 5.46. The van der Waals surface area contributed by atoms with E-state index in [0.717, 1.165) is 4.47 Å². The number of carbonyl (C=O) groups excluding carboxylic acids is 1. The Bertz CT molecular complexity index is 451. The van der Waals surface area contributed by atoms with Crippen LogP contribution < -0.4 is 10.1 Å². The molecule has 0 spiro atoms. The third kappa shape index (κ3) is 4.78. The number of amides is 1. The Balaban J connectivity index is 2.58. The zero-order chi connectivity index (χ0) is 13.5. The van der Waals surface area contributed by atoms with Crippen molar-refractivity contribution >= 4 is 32.6 Å². The SMILES string of the molecule is COc1ccc(Br)c(C(=O)NCCCS(C)=O)c1. The van der Waals surface area contributed by atoms with Gasteiger partial charge >= 0.3 is 0 Å². The highest BCUT2D eigenvalue weighted by Gasteiger charge is 2.10. The molecule has 1 atom stereocenters. The molecule has 0 aromatic heterocycles. The van der Waals surface area contributed by atoms with Gasteiger partial charge in [0.2, 0.25) is 0 Å². The molecule has 0 bridgehead atoms. The van der Waals surface area contributed by atoms with Crippen LogP contribution in [0.15, 0.2) is 22.7 Å². The molecule has 0 radical (unpaired) electrons. The topological polar surface area (TPSA) is 55.4 Å². The average Bonchev–Trinajstić information content (AvgIpc) is 2.34. The molecule has 1 N–H and O–H groups in total. The van der Waals surface area contributed by atoms with Crippen LogP contribution in [0.3, 0.4) is 0 Å². The minimum atomic E-state index is -0.815. The quantitative estimate of drug-likeness (QED) is 0.809. The van der Waals surface area contributed by atoms with Crippen molar-refractivity contribution in [2.24, 2.45) is 0 Å². The third-order valence-corrected chi connectivity index (χ3v) is 3.87. The number of halogens is 1. The minimum Gasteiger partial charge on any atom is -0.497 e. The van der Waals surface area contributed by atoms with Crippen molar-refractivity contribution in [2.75, 3.05) is 25.7 Å². The fraction of sp³-hybridized carbons (Fsp3) is 0.417. The summed E-state index contributed by atoms with van der Waals surface area (Å²) in [7, 11) is 0.742. The summed E-state index contributed by atoms with van der Waals surface area (Å²) in [6.07, 6.45) is 2.36. The summed E-state index contributed by atoms with van der Waals surface area (Å²) in [4.78, 5) is 11.9. The smallest absolute Gasteiger partial charge is 0.252 e. The summed E-state index contributed by atoms with van der Waals surface area (Å²) < 4.78 is 16.7. The fourth-order valence-electron chi connectivity index (χ4n) is 1.38. The molecule has 0 aliphatic carbocycles. The van der Waals surface area contributed by atoms with Crippen LogP contribution in [0.2, 0.25) is 0 Å². The van der Waals surface area contributed by atoms with E-state index in [-0.39, 0.29) is 5.91 Å². The number of rotatable bonds is 6. The molecular weight excluding hydrogens is 318 g/mol. The summed E-state index contributed by atoms with van der Waals surface area (Å²) in [5, 5.41) is 2.79. The predicted octanol–water partition coefficient (Wildman–Crippen LogP) is 1.96. The predicted molar refractivity (Wildman–Crippen MR) is 76.6 cm³/mol. The number of ether oxygens (including phenoxy) is 1. The van der Waals surface area contributed by atoms with Gasteiger partial charge < -0.3 is 10.1 Å². The Hall–Kier alpha value is -0.880. The molecule has 1 aromatic carbocycles. The summed E-state index contributed by atoms with van der Waals surface area (Å²) in [5.74, 6) is 1.07. The van der Waals surface area contributed by atoms with E-state index in [9.17, 15) is 9.00 Å². The van der Waals surface area contributed by atoms with Crippen LogP contribution in [0.1, 0.15) is 16.8 Å². The standard InChI is InChI=1S/C12H16BrNO3S/c1-17-9-4-5-11(13)10(8-9)12(15)14-6-3-7-18(2)16/h4-5,8H,3,6-7H2,1-2H3,(H,14,15). The lowest BCUT2D eigenvalue weighted by Crippen LogP contribution is -2.25. The van der Waals surface area contributed by atoms with Crippen LogP contribution in [0, 0.1) is 0 Å². The maximum atomic E-state index is 11.9. The molecule has 1 amide bonds. The second-order valence-electron chi connectivity index (χ2n) is 3.73. The van der Waals surface area contributed by atoms with Crippen LogP contribution in [-0.2, 0) is 10.8 Å². The van der Waals surface area contributed by atoms with Gasteiger partial charge in [0.05, 0.1) is 12.7 Å². The van der Waals surface area contributed by atoms with Crippen LogP contribution in [0.5, 0.6) is 5.75 Å². The first-order valence-corrected chi connectivity index (χ1v) is 7.98. The molecule has 4 nitrogen and oxygen atoms in total. The van der Waals surface area contributed by atoms with Crippen LogP contribution in [0.25, 0.3) is 0 Å². The summed E-state index contributed by atoms with van der Waals surface area (Å²) >= 11 is 3.33. The Morgan fingerprint density at radius 3 is 2.83 bits per heavy atom. The van der Waals surface area contributed by atoms with Crippen molar-refractivity contribution in [1.29, 1.82) is 0 Å². The second kappa shape index (κ2) is 7.53. The Morgan fingerprint density at radius 2 is 2.22 bits per heavy atom. The Kier molecular flexibility index (Phi) is 6.35. The molecule has 1 unspecified atom stereocenters. The summed E-state index contributed by atoms with van der Waals surface area (Å²) in [5.41, 5.74) is 0.534. The molecule has 0 fully saturated rings. The molecule has 18 heavy (non-hydrogen) atoms. The molecule has 0 aliphatic rings. The number of carbonyl (C=O) groups is 1. The van der Waals surface area contributed by atoms with Gasteiger partial charge in [-0.05, 0) is 40.5 Å². The van der Waals surface area contributed by atoms with E-state index < -0.39 is 10.8 Å². The van der Waals surface area contributed by atoms with E-state index in [1.54, 1.807) is 31.6 Å².